The summed E-state index contributed by atoms with van der Waals surface area (Å²) < 4.78 is 5.75. The number of carbonyl (C=O) groups excluding carboxylic acids is 2. The maximum Gasteiger partial charge on any atom is 0.224 e. The second kappa shape index (κ2) is 8.50. The van der Waals surface area contributed by atoms with Gasteiger partial charge in [-0.15, -0.1) is 0 Å². The predicted octanol–water partition coefficient (Wildman–Crippen LogP) is 4.86. The zero-order valence-electron chi connectivity index (χ0n) is 13.8. The lowest BCUT2D eigenvalue weighted by atomic mass is 10.1. The van der Waals surface area contributed by atoms with E-state index < -0.39 is 0 Å². The van der Waals surface area contributed by atoms with Crippen LogP contribution in [0, 0.1) is 0 Å². The minimum absolute atomic E-state index is 0.0698. The first-order valence-electron chi connectivity index (χ1n) is 7.81. The third kappa shape index (κ3) is 5.10. The Kier molecular flexibility index (Phi) is 6.38. The molecule has 0 saturated heterocycles. The Labute approximate surface area is 146 Å². The Morgan fingerprint density at radius 1 is 1.17 bits per heavy atom. The number of Topliss-reactive ketones (excluding diaryl/α,β-unsaturated/α-hetero) is 1. The van der Waals surface area contributed by atoms with Crippen molar-refractivity contribution in [1.29, 1.82) is 0 Å². The molecule has 2 aromatic carbocycles. The van der Waals surface area contributed by atoms with Gasteiger partial charge in [0.2, 0.25) is 5.91 Å². The summed E-state index contributed by atoms with van der Waals surface area (Å²) in [6, 6.07) is 12.4. The summed E-state index contributed by atoms with van der Waals surface area (Å²) >= 11 is 5.95. The molecule has 0 bridgehead atoms. The normalized spacial score (nSPS) is 10.3. The van der Waals surface area contributed by atoms with E-state index in [-0.39, 0.29) is 11.7 Å². The first-order valence-corrected chi connectivity index (χ1v) is 8.19. The van der Waals surface area contributed by atoms with Gasteiger partial charge in [0.05, 0.1) is 5.56 Å². The van der Waals surface area contributed by atoms with Gasteiger partial charge >= 0.3 is 0 Å². The van der Waals surface area contributed by atoms with E-state index in [9.17, 15) is 9.59 Å². The smallest absolute Gasteiger partial charge is 0.224 e. The van der Waals surface area contributed by atoms with Crippen LogP contribution >= 0.6 is 11.6 Å². The lowest BCUT2D eigenvalue weighted by Gasteiger charge is -2.12. The summed E-state index contributed by atoms with van der Waals surface area (Å²) in [5.41, 5.74) is 1.94. The van der Waals surface area contributed by atoms with Gasteiger partial charge in [-0.25, -0.2) is 0 Å². The van der Waals surface area contributed by atoms with Gasteiger partial charge in [0.15, 0.2) is 5.78 Å². The van der Waals surface area contributed by atoms with Gasteiger partial charge in [0, 0.05) is 17.1 Å². The molecule has 0 heterocycles. The van der Waals surface area contributed by atoms with Crippen LogP contribution in [0.15, 0.2) is 42.5 Å². The van der Waals surface area contributed by atoms with Gasteiger partial charge in [-0.2, -0.15) is 0 Å². The summed E-state index contributed by atoms with van der Waals surface area (Å²) in [5, 5.41) is 3.42. The molecular formula is C19H20ClNO3. The number of halogens is 1. The van der Waals surface area contributed by atoms with E-state index in [1.807, 2.05) is 25.1 Å². The van der Waals surface area contributed by atoms with Crippen LogP contribution in [0.4, 0.5) is 5.69 Å². The molecule has 0 spiro atoms. The van der Waals surface area contributed by atoms with E-state index in [4.69, 9.17) is 16.3 Å². The number of anilines is 1. The molecule has 4 nitrogen and oxygen atoms in total. The van der Waals surface area contributed by atoms with Gasteiger partial charge in [-0.3, -0.25) is 9.59 Å². The molecule has 2 aromatic rings. The molecule has 0 aliphatic heterocycles. The largest absolute Gasteiger partial charge is 0.488 e. The number of carbonyl (C=O) groups is 2. The Balaban J connectivity index is 2.14. The van der Waals surface area contributed by atoms with Crippen LogP contribution in [0.3, 0.4) is 0 Å². The standard InChI is InChI=1S/C19H20ClNO3/c1-3-5-19(23)21-16-8-9-18(17(11-16)13(2)22)24-12-14-6-4-7-15(20)10-14/h4,6-11H,3,5,12H2,1-2H3,(H,21,23). The number of amides is 1. The fraction of sp³-hybridized carbons (Fsp3) is 0.263. The number of hydrogen-bond acceptors (Lipinski definition) is 3. The van der Waals surface area contributed by atoms with Crippen LogP contribution in [-0.2, 0) is 11.4 Å². The highest BCUT2D eigenvalue weighted by atomic mass is 35.5. The minimum Gasteiger partial charge on any atom is -0.488 e. The van der Waals surface area contributed by atoms with Gasteiger partial charge in [-0.05, 0) is 49.2 Å². The second-order valence-electron chi connectivity index (χ2n) is 5.48. The zero-order valence-corrected chi connectivity index (χ0v) is 14.5. The van der Waals surface area contributed by atoms with Crippen LogP contribution < -0.4 is 10.1 Å². The highest BCUT2D eigenvalue weighted by molar-refractivity contribution is 6.30. The van der Waals surface area contributed by atoms with E-state index in [0.717, 1.165) is 12.0 Å². The lowest BCUT2D eigenvalue weighted by molar-refractivity contribution is -0.116. The molecular weight excluding hydrogens is 326 g/mol. The van der Waals surface area contributed by atoms with Gasteiger partial charge < -0.3 is 10.1 Å². The summed E-state index contributed by atoms with van der Waals surface area (Å²) in [5.74, 6) is 0.290. The number of benzene rings is 2. The molecule has 0 aliphatic rings. The molecule has 0 atom stereocenters. The number of nitrogens with one attached hydrogen (secondary N) is 1. The molecule has 0 aromatic heterocycles. The molecule has 0 fully saturated rings. The molecule has 126 valence electrons. The topological polar surface area (TPSA) is 55.4 Å². The van der Waals surface area contributed by atoms with Crippen molar-refractivity contribution in [3.8, 4) is 5.75 Å². The molecule has 5 heteroatoms. The zero-order chi connectivity index (χ0) is 17.5. The number of hydrogen-bond donors (Lipinski definition) is 1. The Hall–Kier alpha value is -2.33. The highest BCUT2D eigenvalue weighted by Gasteiger charge is 2.11. The van der Waals surface area contributed by atoms with Gasteiger partial charge in [-0.1, -0.05) is 30.7 Å². The first-order chi connectivity index (χ1) is 11.5. The van der Waals surface area contributed by atoms with Crippen LogP contribution in [0.25, 0.3) is 0 Å². The fourth-order valence-electron chi connectivity index (χ4n) is 2.25. The number of ketones is 1. The van der Waals surface area contributed by atoms with Crippen LogP contribution in [0.5, 0.6) is 5.75 Å². The molecule has 2 rings (SSSR count). The lowest BCUT2D eigenvalue weighted by Crippen LogP contribution is -2.11. The summed E-state index contributed by atoms with van der Waals surface area (Å²) in [4.78, 5) is 23.6. The van der Waals surface area contributed by atoms with Gasteiger partial charge in [0.1, 0.15) is 12.4 Å². The Morgan fingerprint density at radius 3 is 2.62 bits per heavy atom. The van der Waals surface area contributed by atoms with E-state index in [1.54, 1.807) is 24.3 Å². The Morgan fingerprint density at radius 2 is 1.96 bits per heavy atom. The third-order valence-electron chi connectivity index (χ3n) is 3.40. The maximum absolute atomic E-state index is 11.9. The summed E-state index contributed by atoms with van der Waals surface area (Å²) in [6.45, 7) is 3.72. The first kappa shape index (κ1) is 18.0. The van der Waals surface area contributed by atoms with E-state index in [2.05, 4.69) is 5.32 Å². The van der Waals surface area contributed by atoms with Crippen LogP contribution in [0.1, 0.15) is 42.6 Å². The molecule has 0 radical (unpaired) electrons. The van der Waals surface area contributed by atoms with Crippen molar-refractivity contribution in [3.63, 3.8) is 0 Å². The quantitative estimate of drug-likeness (QED) is 0.729. The fourth-order valence-corrected chi connectivity index (χ4v) is 2.46. The van der Waals surface area contributed by atoms with Crippen LogP contribution in [0.2, 0.25) is 5.02 Å². The van der Waals surface area contributed by atoms with Crippen molar-refractivity contribution in [2.75, 3.05) is 5.32 Å². The maximum atomic E-state index is 11.9. The molecule has 1 amide bonds. The van der Waals surface area contributed by atoms with Crippen molar-refractivity contribution >= 4 is 29.0 Å². The van der Waals surface area contributed by atoms with Crippen molar-refractivity contribution < 1.29 is 14.3 Å². The minimum atomic E-state index is -0.123. The van der Waals surface area contributed by atoms with Crippen molar-refractivity contribution in [3.05, 3.63) is 58.6 Å². The molecule has 0 unspecified atom stereocenters. The van der Waals surface area contributed by atoms with E-state index >= 15 is 0 Å². The van der Waals surface area contributed by atoms with Crippen molar-refractivity contribution in [2.24, 2.45) is 0 Å². The SMILES string of the molecule is CCCC(=O)Nc1ccc(OCc2cccc(Cl)c2)c(C(C)=O)c1. The average molecular weight is 346 g/mol. The summed E-state index contributed by atoms with van der Waals surface area (Å²) in [6.07, 6.45) is 1.22. The average Bonchev–Trinajstić information content (AvgIpc) is 2.53. The third-order valence-corrected chi connectivity index (χ3v) is 3.64. The molecule has 1 N–H and O–H groups in total. The number of ether oxygens (including phenoxy) is 1. The Bertz CT molecular complexity index is 743. The van der Waals surface area contributed by atoms with Crippen molar-refractivity contribution in [1.82, 2.24) is 0 Å². The molecule has 0 aliphatic carbocycles. The second-order valence-corrected chi connectivity index (χ2v) is 5.92. The van der Waals surface area contributed by atoms with Crippen molar-refractivity contribution in [2.45, 2.75) is 33.3 Å². The predicted molar refractivity (Wildman–Crippen MR) is 95.8 cm³/mol. The molecule has 0 saturated carbocycles. The van der Waals surface area contributed by atoms with Crippen LogP contribution in [-0.4, -0.2) is 11.7 Å². The molecule has 24 heavy (non-hydrogen) atoms. The summed E-state index contributed by atoms with van der Waals surface area (Å²) in [7, 11) is 0. The number of rotatable bonds is 7. The van der Waals surface area contributed by atoms with E-state index in [1.165, 1.54) is 6.92 Å². The van der Waals surface area contributed by atoms with E-state index in [0.29, 0.717) is 35.1 Å². The highest BCUT2D eigenvalue weighted by Crippen LogP contribution is 2.25. The monoisotopic (exact) mass is 345 g/mol. The van der Waals surface area contributed by atoms with Gasteiger partial charge in [0.25, 0.3) is 0 Å².